The molecule has 0 aliphatic carbocycles. The average molecular weight is 459 g/mol. The highest BCUT2D eigenvalue weighted by molar-refractivity contribution is 6.05. The van der Waals surface area contributed by atoms with E-state index in [9.17, 15) is 0 Å². The van der Waals surface area contributed by atoms with E-state index in [1.165, 1.54) is 44.1 Å². The SMILES string of the molecule is CCC1(CC)CC(C[n+]2ccccc2-c2ccccc2C)c2cccc3ccc4ccc[n+]1c4c23. The summed E-state index contributed by atoms with van der Waals surface area (Å²) in [5.41, 5.74) is 6.92. The van der Waals surface area contributed by atoms with Crippen LogP contribution in [-0.2, 0) is 12.1 Å². The molecule has 3 aromatic carbocycles. The first-order valence-corrected chi connectivity index (χ1v) is 13.1. The number of nitrogens with zero attached hydrogens (tertiary/aromatic N) is 2. The number of aryl methyl sites for hydroxylation is 1. The van der Waals surface area contributed by atoms with Crippen molar-refractivity contribution in [2.45, 2.75) is 58.0 Å². The van der Waals surface area contributed by atoms with Gasteiger partial charge in [0.1, 0.15) is 0 Å². The summed E-state index contributed by atoms with van der Waals surface area (Å²) in [6.45, 7) is 7.93. The highest BCUT2D eigenvalue weighted by Gasteiger charge is 2.44. The van der Waals surface area contributed by atoms with Crippen molar-refractivity contribution in [2.75, 3.05) is 0 Å². The lowest BCUT2D eigenvalue weighted by Crippen LogP contribution is -2.56. The predicted molar refractivity (Wildman–Crippen MR) is 144 cm³/mol. The minimum Gasteiger partial charge on any atom is -0.198 e. The minimum atomic E-state index is 0.0929. The topological polar surface area (TPSA) is 7.76 Å². The Morgan fingerprint density at radius 3 is 2.37 bits per heavy atom. The van der Waals surface area contributed by atoms with Gasteiger partial charge in [0.2, 0.25) is 11.2 Å². The Kier molecular flexibility index (Phi) is 5.40. The van der Waals surface area contributed by atoms with Crippen molar-refractivity contribution in [3.63, 3.8) is 0 Å². The van der Waals surface area contributed by atoms with Gasteiger partial charge >= 0.3 is 0 Å². The third-order valence-corrected chi connectivity index (χ3v) is 8.51. The van der Waals surface area contributed by atoms with Gasteiger partial charge in [-0.25, -0.2) is 0 Å². The standard InChI is InChI=1S/C33H34N2/c1-4-33(5-2)22-27(23-34-20-9-8-17-30(34)28-15-7-6-12-24(28)3)29-16-10-13-25-18-19-26-14-11-21-35(33)32(26)31(25)29/h6-21,27H,4-5,22-23H2,1-3H3/q+2. The second kappa shape index (κ2) is 8.61. The maximum absolute atomic E-state index is 2.63. The van der Waals surface area contributed by atoms with Gasteiger partial charge < -0.3 is 0 Å². The summed E-state index contributed by atoms with van der Waals surface area (Å²) >= 11 is 0. The average Bonchev–Trinajstić information content (AvgIpc) is 3.02. The van der Waals surface area contributed by atoms with Gasteiger partial charge in [-0.15, -0.1) is 0 Å². The van der Waals surface area contributed by atoms with E-state index < -0.39 is 0 Å². The van der Waals surface area contributed by atoms with Crippen LogP contribution < -0.4 is 9.13 Å². The highest BCUT2D eigenvalue weighted by atomic mass is 15.1. The largest absolute Gasteiger partial charge is 0.221 e. The Labute approximate surface area is 208 Å². The van der Waals surface area contributed by atoms with Crippen LogP contribution in [0.5, 0.6) is 0 Å². The van der Waals surface area contributed by atoms with Crippen molar-refractivity contribution in [2.24, 2.45) is 0 Å². The normalized spacial score (nSPS) is 16.6. The first-order chi connectivity index (χ1) is 17.1. The molecule has 2 aromatic heterocycles. The van der Waals surface area contributed by atoms with Gasteiger partial charge in [0, 0.05) is 48.4 Å². The van der Waals surface area contributed by atoms with Crippen molar-refractivity contribution in [3.05, 3.63) is 108 Å². The summed E-state index contributed by atoms with van der Waals surface area (Å²) in [6.07, 6.45) is 7.98. The van der Waals surface area contributed by atoms with Crippen molar-refractivity contribution in [1.82, 2.24) is 0 Å². The molecule has 1 unspecified atom stereocenters. The second-order valence-corrected chi connectivity index (χ2v) is 10.2. The molecule has 1 aliphatic rings. The summed E-state index contributed by atoms with van der Waals surface area (Å²) in [7, 11) is 0. The van der Waals surface area contributed by atoms with E-state index in [0.717, 1.165) is 25.8 Å². The third-order valence-electron chi connectivity index (χ3n) is 8.51. The summed E-state index contributed by atoms with van der Waals surface area (Å²) in [5, 5.41) is 4.13. The molecule has 174 valence electrons. The Hall–Kier alpha value is -3.52. The molecule has 2 nitrogen and oxygen atoms in total. The number of benzene rings is 3. The zero-order valence-corrected chi connectivity index (χ0v) is 21.0. The van der Waals surface area contributed by atoms with Gasteiger partial charge in [-0.1, -0.05) is 56.3 Å². The van der Waals surface area contributed by atoms with Gasteiger partial charge in [-0.2, -0.15) is 9.13 Å². The summed E-state index contributed by atoms with van der Waals surface area (Å²) < 4.78 is 5.12. The van der Waals surface area contributed by atoms with E-state index in [-0.39, 0.29) is 5.54 Å². The molecule has 0 amide bonds. The van der Waals surface area contributed by atoms with Crippen LogP contribution in [0.15, 0.2) is 97.3 Å². The maximum atomic E-state index is 2.63. The van der Waals surface area contributed by atoms with Gasteiger partial charge in [0.15, 0.2) is 24.5 Å². The van der Waals surface area contributed by atoms with Crippen molar-refractivity contribution >= 4 is 21.7 Å². The third kappa shape index (κ3) is 3.46. The molecule has 1 atom stereocenters. The zero-order valence-electron chi connectivity index (χ0n) is 21.0. The van der Waals surface area contributed by atoms with Crippen molar-refractivity contribution < 1.29 is 9.13 Å². The quantitative estimate of drug-likeness (QED) is 0.194. The van der Waals surface area contributed by atoms with E-state index in [1.807, 2.05) is 0 Å². The van der Waals surface area contributed by atoms with Gasteiger partial charge in [-0.05, 0) is 47.7 Å². The molecule has 0 fully saturated rings. The molecular weight excluding hydrogens is 424 g/mol. The Morgan fingerprint density at radius 2 is 1.54 bits per heavy atom. The summed E-state index contributed by atoms with van der Waals surface area (Å²) in [6, 6.07) is 31.4. The molecule has 0 spiro atoms. The van der Waals surface area contributed by atoms with Crippen LogP contribution in [0, 0.1) is 6.92 Å². The van der Waals surface area contributed by atoms with Crippen LogP contribution >= 0.6 is 0 Å². The number of hydrogen-bond acceptors (Lipinski definition) is 0. The minimum absolute atomic E-state index is 0.0929. The van der Waals surface area contributed by atoms with E-state index in [4.69, 9.17) is 0 Å². The predicted octanol–water partition coefficient (Wildman–Crippen LogP) is 7.25. The zero-order chi connectivity index (χ0) is 24.0. The first-order valence-electron chi connectivity index (χ1n) is 13.1. The fraction of sp³-hybridized carbons (Fsp3) is 0.273. The molecule has 0 bridgehead atoms. The van der Waals surface area contributed by atoms with Crippen molar-refractivity contribution in [1.29, 1.82) is 0 Å². The molecule has 1 aliphatic heterocycles. The van der Waals surface area contributed by atoms with Crippen LogP contribution in [0.3, 0.4) is 0 Å². The Bertz CT molecular complexity index is 1540. The van der Waals surface area contributed by atoms with E-state index >= 15 is 0 Å². The molecular formula is C33H34N2+2. The van der Waals surface area contributed by atoms with E-state index in [2.05, 4.69) is 127 Å². The fourth-order valence-electron chi connectivity index (χ4n) is 6.53. The van der Waals surface area contributed by atoms with Crippen molar-refractivity contribution in [3.8, 4) is 11.3 Å². The van der Waals surface area contributed by atoms with Gasteiger partial charge in [0.25, 0.3) is 0 Å². The Balaban J connectivity index is 1.58. The monoisotopic (exact) mass is 458 g/mol. The lowest BCUT2D eigenvalue weighted by molar-refractivity contribution is -0.746. The van der Waals surface area contributed by atoms with Crippen LogP contribution in [0.25, 0.3) is 32.9 Å². The van der Waals surface area contributed by atoms with Crippen LogP contribution in [0.2, 0.25) is 0 Å². The number of rotatable bonds is 5. The lowest BCUT2D eigenvalue weighted by atomic mass is 9.80. The molecule has 2 heteroatoms. The van der Waals surface area contributed by atoms with E-state index in [1.54, 1.807) is 0 Å². The molecule has 3 heterocycles. The lowest BCUT2D eigenvalue weighted by Gasteiger charge is -2.28. The molecule has 0 radical (unpaired) electrons. The van der Waals surface area contributed by atoms with Crippen LogP contribution in [0.1, 0.15) is 50.2 Å². The summed E-state index contributed by atoms with van der Waals surface area (Å²) in [4.78, 5) is 0. The van der Waals surface area contributed by atoms with Gasteiger partial charge in [-0.3, -0.25) is 0 Å². The number of pyridine rings is 2. The molecule has 0 N–H and O–H groups in total. The fourth-order valence-corrected chi connectivity index (χ4v) is 6.53. The Morgan fingerprint density at radius 1 is 0.771 bits per heavy atom. The van der Waals surface area contributed by atoms with E-state index in [0.29, 0.717) is 5.92 Å². The number of aromatic nitrogens is 2. The summed E-state index contributed by atoms with van der Waals surface area (Å²) in [5.74, 6) is 0.416. The molecule has 5 aromatic rings. The first kappa shape index (κ1) is 22.0. The molecule has 0 saturated heterocycles. The number of hydrogen-bond donors (Lipinski definition) is 0. The van der Waals surface area contributed by atoms with Crippen LogP contribution in [-0.4, -0.2) is 0 Å². The molecule has 35 heavy (non-hydrogen) atoms. The molecule has 0 saturated carbocycles. The smallest absolute Gasteiger partial charge is 0.198 e. The van der Waals surface area contributed by atoms with Gasteiger partial charge in [0.05, 0.1) is 11.3 Å². The maximum Gasteiger partial charge on any atom is 0.221 e. The highest BCUT2D eigenvalue weighted by Crippen LogP contribution is 2.42. The molecule has 6 rings (SSSR count). The second-order valence-electron chi connectivity index (χ2n) is 10.2. The van der Waals surface area contributed by atoms with Crippen LogP contribution in [0.4, 0.5) is 0 Å².